The molecule has 2 N–H and O–H groups in total. The van der Waals surface area contributed by atoms with Crippen LogP contribution < -0.4 is 15.4 Å². The standard InChI is InChI=1S/C20H23ClN2O2/c21-18-7-4-15(5-8-18)10-11-22-20(24)23-12-13-25-19-9-6-16-2-1-3-17(16)14-19/h4-9,14H,1-3,10-13H2,(H2,22,23,24). The molecule has 0 heterocycles. The van der Waals surface area contributed by atoms with Gasteiger partial charge in [-0.25, -0.2) is 4.79 Å². The van der Waals surface area contributed by atoms with Crippen LogP contribution in [0.3, 0.4) is 0 Å². The average Bonchev–Trinajstić information content (AvgIpc) is 3.08. The Morgan fingerprint density at radius 2 is 1.76 bits per heavy atom. The smallest absolute Gasteiger partial charge is 0.314 e. The molecule has 5 heteroatoms. The lowest BCUT2D eigenvalue weighted by atomic mass is 10.1. The molecule has 2 amide bonds. The maximum Gasteiger partial charge on any atom is 0.314 e. The normalized spacial score (nSPS) is 12.5. The van der Waals surface area contributed by atoms with Crippen molar-refractivity contribution in [2.75, 3.05) is 19.7 Å². The van der Waals surface area contributed by atoms with Crippen LogP contribution in [-0.2, 0) is 19.3 Å². The van der Waals surface area contributed by atoms with Crippen molar-refractivity contribution in [3.05, 3.63) is 64.2 Å². The van der Waals surface area contributed by atoms with Crippen molar-refractivity contribution in [2.45, 2.75) is 25.7 Å². The summed E-state index contributed by atoms with van der Waals surface area (Å²) in [5.41, 5.74) is 3.97. The second-order valence-electron chi connectivity index (χ2n) is 6.19. The third-order valence-electron chi connectivity index (χ3n) is 4.34. The fraction of sp³-hybridized carbons (Fsp3) is 0.350. The first-order valence-electron chi connectivity index (χ1n) is 8.71. The van der Waals surface area contributed by atoms with Gasteiger partial charge in [0.2, 0.25) is 0 Å². The summed E-state index contributed by atoms with van der Waals surface area (Å²) in [6.45, 7) is 1.52. The van der Waals surface area contributed by atoms with Crippen LogP contribution in [0.25, 0.3) is 0 Å². The van der Waals surface area contributed by atoms with Crippen LogP contribution in [0.2, 0.25) is 5.02 Å². The van der Waals surface area contributed by atoms with Gasteiger partial charge in [0.05, 0.1) is 6.54 Å². The Morgan fingerprint density at radius 3 is 2.60 bits per heavy atom. The van der Waals surface area contributed by atoms with Crippen molar-refractivity contribution in [1.82, 2.24) is 10.6 Å². The van der Waals surface area contributed by atoms with Crippen molar-refractivity contribution >= 4 is 17.6 Å². The van der Waals surface area contributed by atoms with Gasteiger partial charge < -0.3 is 15.4 Å². The maximum atomic E-state index is 11.8. The first-order chi connectivity index (χ1) is 12.2. The zero-order chi connectivity index (χ0) is 17.5. The molecular formula is C20H23ClN2O2. The number of ether oxygens (including phenoxy) is 1. The Balaban J connectivity index is 1.29. The van der Waals surface area contributed by atoms with Gasteiger partial charge in [-0.15, -0.1) is 0 Å². The largest absolute Gasteiger partial charge is 0.492 e. The zero-order valence-corrected chi connectivity index (χ0v) is 14.9. The molecule has 3 rings (SSSR count). The lowest BCUT2D eigenvalue weighted by Crippen LogP contribution is -2.38. The van der Waals surface area contributed by atoms with E-state index in [9.17, 15) is 4.79 Å². The van der Waals surface area contributed by atoms with E-state index in [-0.39, 0.29) is 6.03 Å². The molecule has 4 nitrogen and oxygen atoms in total. The quantitative estimate of drug-likeness (QED) is 0.740. The van der Waals surface area contributed by atoms with Crippen LogP contribution >= 0.6 is 11.6 Å². The number of nitrogens with one attached hydrogen (secondary N) is 2. The minimum Gasteiger partial charge on any atom is -0.492 e. The summed E-state index contributed by atoms with van der Waals surface area (Å²) in [5, 5.41) is 6.36. The molecular weight excluding hydrogens is 336 g/mol. The molecule has 1 aliphatic rings. The van der Waals surface area contributed by atoms with Crippen LogP contribution in [0, 0.1) is 0 Å². The van der Waals surface area contributed by atoms with E-state index in [1.54, 1.807) is 0 Å². The van der Waals surface area contributed by atoms with Crippen molar-refractivity contribution in [2.24, 2.45) is 0 Å². The van der Waals surface area contributed by atoms with Crippen molar-refractivity contribution in [3.8, 4) is 5.75 Å². The Morgan fingerprint density at radius 1 is 1.00 bits per heavy atom. The SMILES string of the molecule is O=C(NCCOc1ccc2c(c1)CCC2)NCCc1ccc(Cl)cc1. The number of urea groups is 1. The van der Waals surface area contributed by atoms with E-state index in [1.807, 2.05) is 30.3 Å². The fourth-order valence-corrected chi connectivity index (χ4v) is 3.13. The zero-order valence-electron chi connectivity index (χ0n) is 14.2. The number of halogens is 1. The number of rotatable bonds is 7. The summed E-state index contributed by atoms with van der Waals surface area (Å²) >= 11 is 5.85. The summed E-state index contributed by atoms with van der Waals surface area (Å²) in [6.07, 6.45) is 4.32. The summed E-state index contributed by atoms with van der Waals surface area (Å²) in [4.78, 5) is 11.8. The van der Waals surface area contributed by atoms with Crippen LogP contribution in [0.4, 0.5) is 4.79 Å². The van der Waals surface area contributed by atoms with Gasteiger partial charge >= 0.3 is 6.03 Å². The predicted octanol–water partition coefficient (Wildman–Crippen LogP) is 3.75. The molecule has 1 aliphatic carbocycles. The van der Waals surface area contributed by atoms with E-state index >= 15 is 0 Å². The van der Waals surface area contributed by atoms with Crippen molar-refractivity contribution < 1.29 is 9.53 Å². The van der Waals surface area contributed by atoms with E-state index in [0.29, 0.717) is 19.7 Å². The molecule has 0 spiro atoms. The highest BCUT2D eigenvalue weighted by molar-refractivity contribution is 6.30. The van der Waals surface area contributed by atoms with E-state index < -0.39 is 0 Å². The van der Waals surface area contributed by atoms with Crippen LogP contribution in [-0.4, -0.2) is 25.7 Å². The number of fused-ring (bicyclic) bond motifs is 1. The number of amides is 2. The molecule has 0 saturated carbocycles. The van der Waals surface area contributed by atoms with E-state index in [4.69, 9.17) is 16.3 Å². The van der Waals surface area contributed by atoms with Gasteiger partial charge in [0.25, 0.3) is 0 Å². The Bertz CT molecular complexity index is 716. The summed E-state index contributed by atoms with van der Waals surface area (Å²) in [6, 6.07) is 13.7. The Kier molecular flexibility index (Phi) is 6.18. The number of carbonyl (C=O) groups is 1. The number of aryl methyl sites for hydroxylation is 2. The molecule has 0 unspecified atom stereocenters. The van der Waals surface area contributed by atoms with E-state index in [0.717, 1.165) is 29.2 Å². The van der Waals surface area contributed by atoms with Gasteiger partial charge in [-0.05, 0) is 66.6 Å². The molecule has 0 saturated heterocycles. The molecule has 0 aliphatic heterocycles. The van der Waals surface area contributed by atoms with Crippen LogP contribution in [0.15, 0.2) is 42.5 Å². The molecule has 0 fully saturated rings. The minimum atomic E-state index is -0.175. The van der Waals surface area contributed by atoms with E-state index in [2.05, 4.69) is 22.8 Å². The molecule has 0 aromatic heterocycles. The fourth-order valence-electron chi connectivity index (χ4n) is 3.01. The monoisotopic (exact) mass is 358 g/mol. The highest BCUT2D eigenvalue weighted by Gasteiger charge is 2.11. The van der Waals surface area contributed by atoms with Gasteiger partial charge in [-0.2, -0.15) is 0 Å². The summed E-state index contributed by atoms with van der Waals surface area (Å²) in [5.74, 6) is 0.880. The molecule has 0 radical (unpaired) electrons. The van der Waals surface area contributed by atoms with Gasteiger partial charge in [0.15, 0.2) is 0 Å². The van der Waals surface area contributed by atoms with Crippen molar-refractivity contribution in [3.63, 3.8) is 0 Å². The van der Waals surface area contributed by atoms with Crippen LogP contribution in [0.1, 0.15) is 23.1 Å². The van der Waals surface area contributed by atoms with Gasteiger partial charge in [-0.3, -0.25) is 0 Å². The Hall–Kier alpha value is -2.20. The third kappa shape index (κ3) is 5.40. The van der Waals surface area contributed by atoms with E-state index in [1.165, 1.54) is 24.0 Å². The average molecular weight is 359 g/mol. The highest BCUT2D eigenvalue weighted by atomic mass is 35.5. The van der Waals surface area contributed by atoms with Crippen molar-refractivity contribution in [1.29, 1.82) is 0 Å². The number of carbonyl (C=O) groups excluding carboxylic acids is 1. The molecule has 0 bridgehead atoms. The lowest BCUT2D eigenvalue weighted by molar-refractivity contribution is 0.236. The second kappa shape index (κ2) is 8.77. The topological polar surface area (TPSA) is 50.4 Å². The predicted molar refractivity (Wildman–Crippen MR) is 101 cm³/mol. The van der Waals surface area contributed by atoms with Gasteiger partial charge in [-0.1, -0.05) is 29.8 Å². The Labute approximate surface area is 153 Å². The summed E-state index contributed by atoms with van der Waals surface area (Å²) < 4.78 is 5.71. The number of hydrogen-bond donors (Lipinski definition) is 2. The molecule has 25 heavy (non-hydrogen) atoms. The highest BCUT2D eigenvalue weighted by Crippen LogP contribution is 2.25. The number of benzene rings is 2. The van der Waals surface area contributed by atoms with Crippen LogP contribution in [0.5, 0.6) is 5.75 Å². The molecule has 132 valence electrons. The lowest BCUT2D eigenvalue weighted by Gasteiger charge is -2.10. The first-order valence-corrected chi connectivity index (χ1v) is 9.09. The number of hydrogen-bond acceptors (Lipinski definition) is 2. The maximum absolute atomic E-state index is 11.8. The summed E-state index contributed by atoms with van der Waals surface area (Å²) in [7, 11) is 0. The second-order valence-corrected chi connectivity index (χ2v) is 6.63. The molecule has 0 atom stereocenters. The minimum absolute atomic E-state index is 0.175. The molecule has 2 aromatic rings. The first kappa shape index (κ1) is 17.6. The molecule has 2 aromatic carbocycles. The third-order valence-corrected chi connectivity index (χ3v) is 4.59. The van der Waals surface area contributed by atoms with Gasteiger partial charge in [0, 0.05) is 11.6 Å². The van der Waals surface area contributed by atoms with Gasteiger partial charge in [0.1, 0.15) is 12.4 Å².